The minimum atomic E-state index is -0.444. The lowest BCUT2D eigenvalue weighted by atomic mass is 9.97. The highest BCUT2D eigenvalue weighted by Gasteiger charge is 2.41. The maximum Gasteiger partial charge on any atom is 0.139 e. The lowest BCUT2D eigenvalue weighted by Gasteiger charge is -2.24. The monoisotopic (exact) mass is 229 g/mol. The van der Waals surface area contributed by atoms with Crippen LogP contribution in [0.15, 0.2) is 24.3 Å². The summed E-state index contributed by atoms with van der Waals surface area (Å²) in [6, 6.07) is 11.0. The molecule has 2 unspecified atom stereocenters. The van der Waals surface area contributed by atoms with E-state index in [1.807, 2.05) is 18.2 Å². The third kappa shape index (κ3) is 2.27. The lowest BCUT2D eigenvalue weighted by molar-refractivity contribution is 0.327. The summed E-state index contributed by atoms with van der Waals surface area (Å²) in [5.74, 6) is 0. The molecule has 0 aromatic heterocycles. The van der Waals surface area contributed by atoms with Gasteiger partial charge in [-0.3, -0.25) is 0 Å². The number of likely N-dealkylation sites (N-methyl/N-ethyl adjacent to an activating group) is 1. The molecule has 1 fully saturated rings. The number of hydrogen-bond donors (Lipinski definition) is 1. The molecule has 3 nitrogen and oxygen atoms in total. The Morgan fingerprint density at radius 1 is 1.47 bits per heavy atom. The van der Waals surface area contributed by atoms with Gasteiger partial charge in [-0.1, -0.05) is 18.2 Å². The van der Waals surface area contributed by atoms with Crippen LogP contribution < -0.4 is 5.32 Å². The van der Waals surface area contributed by atoms with Crippen molar-refractivity contribution in [3.05, 3.63) is 29.8 Å². The van der Waals surface area contributed by atoms with Gasteiger partial charge in [-0.25, -0.2) is 0 Å². The first kappa shape index (κ1) is 11.9. The minimum absolute atomic E-state index is 0.444. The van der Waals surface area contributed by atoms with Crippen molar-refractivity contribution in [2.45, 2.75) is 31.8 Å². The second-order valence-electron chi connectivity index (χ2n) is 5.10. The average molecular weight is 229 g/mol. The van der Waals surface area contributed by atoms with Gasteiger partial charge in [0, 0.05) is 24.7 Å². The summed E-state index contributed by atoms with van der Waals surface area (Å²) in [4.78, 5) is 2.23. The standard InChI is InChI=1S/C14H19N3/c1-11-6-4-5-7-13(11)16-14(9-15)8-12(2)17(3)10-14/h4-7,12,16H,8,10H2,1-3H3. The Morgan fingerprint density at radius 3 is 2.71 bits per heavy atom. The molecule has 3 heteroatoms. The minimum Gasteiger partial charge on any atom is -0.366 e. The van der Waals surface area contributed by atoms with Gasteiger partial charge in [0.05, 0.1) is 6.07 Å². The highest BCUT2D eigenvalue weighted by Crippen LogP contribution is 2.30. The second-order valence-corrected chi connectivity index (χ2v) is 5.10. The molecule has 2 atom stereocenters. The van der Waals surface area contributed by atoms with E-state index in [0.29, 0.717) is 6.04 Å². The van der Waals surface area contributed by atoms with Gasteiger partial charge in [0.1, 0.15) is 5.54 Å². The predicted octanol–water partition coefficient (Wildman–Crippen LogP) is 2.39. The number of benzene rings is 1. The number of nitriles is 1. The molecule has 0 aliphatic carbocycles. The summed E-state index contributed by atoms with van der Waals surface area (Å²) in [5.41, 5.74) is 1.81. The number of nitrogens with one attached hydrogen (secondary N) is 1. The molecule has 0 amide bonds. The van der Waals surface area contributed by atoms with E-state index < -0.39 is 5.54 Å². The van der Waals surface area contributed by atoms with Crippen molar-refractivity contribution >= 4 is 5.69 Å². The first-order valence-electron chi connectivity index (χ1n) is 6.02. The van der Waals surface area contributed by atoms with Crippen LogP contribution in [0.3, 0.4) is 0 Å². The lowest BCUT2D eigenvalue weighted by Crippen LogP contribution is -2.39. The maximum atomic E-state index is 9.47. The van der Waals surface area contributed by atoms with Crippen LogP contribution in [0.4, 0.5) is 5.69 Å². The van der Waals surface area contributed by atoms with Crippen molar-refractivity contribution in [2.75, 3.05) is 18.9 Å². The van der Waals surface area contributed by atoms with E-state index in [2.05, 4.69) is 43.2 Å². The first-order valence-corrected chi connectivity index (χ1v) is 6.02. The van der Waals surface area contributed by atoms with Crippen molar-refractivity contribution in [1.29, 1.82) is 5.26 Å². The summed E-state index contributed by atoms with van der Waals surface area (Å²) >= 11 is 0. The number of anilines is 1. The highest BCUT2D eigenvalue weighted by molar-refractivity contribution is 5.54. The fraction of sp³-hybridized carbons (Fsp3) is 0.500. The molecule has 0 saturated carbocycles. The number of likely N-dealkylation sites (tertiary alicyclic amines) is 1. The molecule has 2 rings (SSSR count). The molecule has 1 saturated heterocycles. The Bertz CT molecular complexity index is 437. The zero-order valence-corrected chi connectivity index (χ0v) is 10.7. The maximum absolute atomic E-state index is 9.47. The summed E-state index contributed by atoms with van der Waals surface area (Å²) in [6.45, 7) is 5.01. The highest BCUT2D eigenvalue weighted by atomic mass is 15.2. The van der Waals surface area contributed by atoms with E-state index in [-0.39, 0.29) is 0 Å². The fourth-order valence-corrected chi connectivity index (χ4v) is 2.48. The van der Waals surface area contributed by atoms with Crippen LogP contribution in [-0.2, 0) is 0 Å². The van der Waals surface area contributed by atoms with Gasteiger partial charge in [-0.2, -0.15) is 5.26 Å². The molecule has 1 aliphatic rings. The number of nitrogens with zero attached hydrogens (tertiary/aromatic N) is 2. The van der Waals surface area contributed by atoms with Crippen LogP contribution >= 0.6 is 0 Å². The van der Waals surface area contributed by atoms with Crippen LogP contribution in [-0.4, -0.2) is 30.1 Å². The van der Waals surface area contributed by atoms with Gasteiger partial charge in [0.2, 0.25) is 0 Å². The number of rotatable bonds is 2. The van der Waals surface area contributed by atoms with E-state index >= 15 is 0 Å². The van der Waals surface area contributed by atoms with Gasteiger partial charge < -0.3 is 10.2 Å². The van der Waals surface area contributed by atoms with Crippen molar-refractivity contribution < 1.29 is 0 Å². The predicted molar refractivity (Wildman–Crippen MR) is 69.9 cm³/mol. The molecule has 0 radical (unpaired) electrons. The molecule has 1 aromatic rings. The molecule has 0 spiro atoms. The smallest absolute Gasteiger partial charge is 0.139 e. The molecule has 17 heavy (non-hydrogen) atoms. The normalized spacial score (nSPS) is 28.9. The van der Waals surface area contributed by atoms with Crippen molar-refractivity contribution in [1.82, 2.24) is 4.90 Å². The number of hydrogen-bond acceptors (Lipinski definition) is 3. The Kier molecular flexibility index (Phi) is 3.08. The fourth-order valence-electron chi connectivity index (χ4n) is 2.48. The zero-order chi connectivity index (χ0) is 12.5. The molecular weight excluding hydrogens is 210 g/mol. The molecule has 0 bridgehead atoms. The Morgan fingerprint density at radius 2 is 2.18 bits per heavy atom. The van der Waals surface area contributed by atoms with Crippen LogP contribution in [0.25, 0.3) is 0 Å². The van der Waals surface area contributed by atoms with Crippen molar-refractivity contribution in [3.63, 3.8) is 0 Å². The SMILES string of the molecule is Cc1ccccc1NC1(C#N)CC(C)N(C)C1. The topological polar surface area (TPSA) is 39.1 Å². The number of aryl methyl sites for hydroxylation is 1. The number of para-hydroxylation sites is 1. The van der Waals surface area contributed by atoms with Crippen molar-refractivity contribution in [3.8, 4) is 6.07 Å². The largest absolute Gasteiger partial charge is 0.366 e. The third-order valence-electron chi connectivity index (χ3n) is 3.65. The molecule has 1 aliphatic heterocycles. The molecule has 1 N–H and O–H groups in total. The van der Waals surface area contributed by atoms with Gasteiger partial charge in [0.15, 0.2) is 0 Å². The van der Waals surface area contributed by atoms with Gasteiger partial charge in [0.25, 0.3) is 0 Å². The van der Waals surface area contributed by atoms with Crippen LogP contribution in [0.5, 0.6) is 0 Å². The van der Waals surface area contributed by atoms with E-state index in [0.717, 1.165) is 18.7 Å². The average Bonchev–Trinajstić information content (AvgIpc) is 2.59. The van der Waals surface area contributed by atoms with Gasteiger partial charge in [-0.05, 0) is 32.5 Å². The summed E-state index contributed by atoms with van der Waals surface area (Å²) in [6.07, 6.45) is 0.869. The molecular formula is C14H19N3. The molecule has 1 heterocycles. The second kappa shape index (κ2) is 4.38. The van der Waals surface area contributed by atoms with Crippen LogP contribution in [0.1, 0.15) is 18.9 Å². The Hall–Kier alpha value is -1.53. The Balaban J connectivity index is 2.23. The zero-order valence-electron chi connectivity index (χ0n) is 10.7. The van der Waals surface area contributed by atoms with Crippen molar-refractivity contribution in [2.24, 2.45) is 0 Å². The van der Waals surface area contributed by atoms with E-state index in [9.17, 15) is 5.26 Å². The Labute approximate surface area is 103 Å². The summed E-state index contributed by atoms with van der Waals surface area (Å²) in [5, 5.41) is 12.9. The van der Waals surface area contributed by atoms with Crippen LogP contribution in [0, 0.1) is 18.3 Å². The summed E-state index contributed by atoms with van der Waals surface area (Å²) < 4.78 is 0. The van der Waals surface area contributed by atoms with Crippen LogP contribution in [0.2, 0.25) is 0 Å². The van der Waals surface area contributed by atoms with Gasteiger partial charge >= 0.3 is 0 Å². The van der Waals surface area contributed by atoms with Gasteiger partial charge in [-0.15, -0.1) is 0 Å². The van der Waals surface area contributed by atoms with E-state index in [1.165, 1.54) is 5.56 Å². The van der Waals surface area contributed by atoms with E-state index in [1.54, 1.807) is 0 Å². The summed E-state index contributed by atoms with van der Waals surface area (Å²) in [7, 11) is 2.07. The molecule has 1 aromatic carbocycles. The van der Waals surface area contributed by atoms with E-state index in [4.69, 9.17) is 0 Å². The molecule has 90 valence electrons. The third-order valence-corrected chi connectivity index (χ3v) is 3.65. The first-order chi connectivity index (χ1) is 8.06. The quantitative estimate of drug-likeness (QED) is 0.846.